The minimum atomic E-state index is 1.04. The fourth-order valence-electron chi connectivity index (χ4n) is 3.39. The van der Waals surface area contributed by atoms with Gasteiger partial charge in [-0.15, -0.1) is 22.7 Å². The van der Waals surface area contributed by atoms with Gasteiger partial charge in [-0.1, -0.05) is 38.3 Å². The molecule has 0 aliphatic rings. The van der Waals surface area contributed by atoms with Gasteiger partial charge in [0.2, 0.25) is 0 Å². The third kappa shape index (κ3) is 3.36. The van der Waals surface area contributed by atoms with E-state index in [2.05, 4.69) is 57.6 Å². The average Bonchev–Trinajstić information content (AvgIpc) is 3.38. The predicted molar refractivity (Wildman–Crippen MR) is 117 cm³/mol. The Morgan fingerprint density at radius 3 is 2.19 bits per heavy atom. The second-order valence-corrected chi connectivity index (χ2v) is 9.00. The molecule has 0 spiro atoms. The summed E-state index contributed by atoms with van der Waals surface area (Å²) in [6.45, 7) is 4.43. The molecule has 26 heavy (non-hydrogen) atoms. The van der Waals surface area contributed by atoms with E-state index in [1.54, 1.807) is 11.3 Å². The monoisotopic (exact) mass is 398 g/mol. The number of hydrogen-bond acceptors (Lipinski definition) is 5. The number of benzene rings is 1. The van der Waals surface area contributed by atoms with Crippen LogP contribution < -0.4 is 0 Å². The van der Waals surface area contributed by atoms with E-state index in [-0.39, 0.29) is 0 Å². The SMILES string of the molecule is CCCCCCc1ccsc1-c1ccc(-c2sccc2C)c2nsnc12. The molecule has 0 fully saturated rings. The predicted octanol–water partition coefficient (Wildman–Crippen LogP) is 7.58. The van der Waals surface area contributed by atoms with E-state index >= 15 is 0 Å². The third-order valence-corrected chi connectivity index (χ3v) is 7.38. The zero-order valence-electron chi connectivity index (χ0n) is 15.1. The Kier molecular flexibility index (Phi) is 5.48. The Balaban J connectivity index is 1.72. The van der Waals surface area contributed by atoms with Gasteiger partial charge in [-0.25, -0.2) is 0 Å². The summed E-state index contributed by atoms with van der Waals surface area (Å²) in [4.78, 5) is 2.67. The highest BCUT2D eigenvalue weighted by Crippen LogP contribution is 2.40. The maximum absolute atomic E-state index is 4.67. The number of aromatic nitrogens is 2. The van der Waals surface area contributed by atoms with Crippen molar-refractivity contribution in [3.63, 3.8) is 0 Å². The van der Waals surface area contributed by atoms with Crippen LogP contribution >= 0.6 is 34.4 Å². The van der Waals surface area contributed by atoms with Crippen LogP contribution in [0.4, 0.5) is 0 Å². The molecule has 5 heteroatoms. The molecule has 4 aromatic rings. The van der Waals surface area contributed by atoms with Gasteiger partial charge in [-0.05, 0) is 53.8 Å². The number of aryl methyl sites for hydroxylation is 2. The summed E-state index contributed by atoms with van der Waals surface area (Å²) in [5.41, 5.74) is 7.32. The van der Waals surface area contributed by atoms with Crippen LogP contribution in [0.5, 0.6) is 0 Å². The summed E-state index contributed by atoms with van der Waals surface area (Å²) in [7, 11) is 0. The number of fused-ring (bicyclic) bond motifs is 1. The van der Waals surface area contributed by atoms with Gasteiger partial charge in [0.1, 0.15) is 11.0 Å². The smallest absolute Gasteiger partial charge is 0.114 e. The van der Waals surface area contributed by atoms with Crippen molar-refractivity contribution in [3.8, 4) is 20.9 Å². The van der Waals surface area contributed by atoms with Crippen LogP contribution in [0.3, 0.4) is 0 Å². The van der Waals surface area contributed by atoms with Crippen LogP contribution in [0.15, 0.2) is 35.0 Å². The highest BCUT2D eigenvalue weighted by Gasteiger charge is 2.17. The molecule has 0 amide bonds. The lowest BCUT2D eigenvalue weighted by atomic mass is 10.0. The fourth-order valence-corrected chi connectivity index (χ4v) is 5.90. The molecular weight excluding hydrogens is 376 g/mol. The maximum atomic E-state index is 4.67. The van der Waals surface area contributed by atoms with Crippen LogP contribution in [0.1, 0.15) is 43.7 Å². The standard InChI is InChI=1S/C21H22N2S3/c1-3-4-5-6-7-15-11-13-25-21(15)17-9-8-16(18-19(17)23-26-22-18)20-14(2)10-12-24-20/h8-13H,3-7H2,1-2H3. The second-order valence-electron chi connectivity index (χ2n) is 6.64. The number of unbranched alkanes of at least 4 members (excludes halogenated alkanes) is 3. The van der Waals surface area contributed by atoms with Crippen molar-refractivity contribution in [2.45, 2.75) is 46.0 Å². The zero-order valence-corrected chi connectivity index (χ0v) is 17.6. The fraction of sp³-hybridized carbons (Fsp3) is 0.333. The first-order valence-electron chi connectivity index (χ1n) is 9.16. The topological polar surface area (TPSA) is 25.8 Å². The van der Waals surface area contributed by atoms with E-state index in [4.69, 9.17) is 0 Å². The molecule has 0 aliphatic heterocycles. The van der Waals surface area contributed by atoms with Crippen LogP contribution in [0.2, 0.25) is 0 Å². The molecule has 0 atom stereocenters. The van der Waals surface area contributed by atoms with Crippen LogP contribution in [0.25, 0.3) is 31.9 Å². The largest absolute Gasteiger partial charge is 0.172 e. The van der Waals surface area contributed by atoms with Gasteiger partial charge in [0.05, 0.1) is 11.7 Å². The second kappa shape index (κ2) is 7.99. The van der Waals surface area contributed by atoms with Gasteiger partial charge >= 0.3 is 0 Å². The zero-order chi connectivity index (χ0) is 17.9. The highest BCUT2D eigenvalue weighted by molar-refractivity contribution is 7.14. The van der Waals surface area contributed by atoms with Crippen molar-refractivity contribution in [1.29, 1.82) is 0 Å². The molecule has 4 rings (SSSR count). The Morgan fingerprint density at radius 2 is 1.50 bits per heavy atom. The Bertz CT molecular complexity index is 1010. The van der Waals surface area contributed by atoms with Gasteiger partial charge in [0.25, 0.3) is 0 Å². The molecule has 1 aromatic carbocycles. The quantitative estimate of drug-likeness (QED) is 0.300. The summed E-state index contributed by atoms with van der Waals surface area (Å²) < 4.78 is 9.31. The van der Waals surface area contributed by atoms with Gasteiger partial charge in [0.15, 0.2) is 0 Å². The van der Waals surface area contributed by atoms with Gasteiger partial charge in [0, 0.05) is 20.9 Å². The van der Waals surface area contributed by atoms with E-state index in [9.17, 15) is 0 Å². The number of hydrogen-bond donors (Lipinski definition) is 0. The van der Waals surface area contributed by atoms with E-state index < -0.39 is 0 Å². The van der Waals surface area contributed by atoms with Crippen molar-refractivity contribution in [3.05, 3.63) is 46.2 Å². The summed E-state index contributed by atoms with van der Waals surface area (Å²) in [6.07, 6.45) is 6.35. The summed E-state index contributed by atoms with van der Waals surface area (Å²) >= 11 is 4.93. The van der Waals surface area contributed by atoms with Crippen molar-refractivity contribution in [2.75, 3.05) is 0 Å². The first-order valence-corrected chi connectivity index (χ1v) is 11.6. The molecule has 0 N–H and O–H groups in total. The minimum Gasteiger partial charge on any atom is -0.172 e. The average molecular weight is 399 g/mol. The molecule has 0 saturated heterocycles. The van der Waals surface area contributed by atoms with Gasteiger partial charge in [-0.3, -0.25) is 0 Å². The Hall–Kier alpha value is -1.56. The van der Waals surface area contributed by atoms with E-state index in [0.29, 0.717) is 0 Å². The Morgan fingerprint density at radius 1 is 0.808 bits per heavy atom. The molecule has 0 radical (unpaired) electrons. The normalized spacial score (nSPS) is 11.5. The lowest BCUT2D eigenvalue weighted by molar-refractivity contribution is 0.668. The molecule has 3 heterocycles. The van der Waals surface area contributed by atoms with Crippen LogP contribution in [0, 0.1) is 6.92 Å². The molecule has 0 unspecified atom stereocenters. The summed E-state index contributed by atoms with van der Waals surface area (Å²) in [5.74, 6) is 0. The molecule has 134 valence electrons. The van der Waals surface area contributed by atoms with Crippen molar-refractivity contribution < 1.29 is 0 Å². The number of nitrogens with zero attached hydrogens (tertiary/aromatic N) is 2. The lowest BCUT2D eigenvalue weighted by Crippen LogP contribution is -1.89. The third-order valence-electron chi connectivity index (χ3n) is 4.81. The van der Waals surface area contributed by atoms with E-state index in [0.717, 1.165) is 17.5 Å². The van der Waals surface area contributed by atoms with Crippen molar-refractivity contribution >= 4 is 45.4 Å². The van der Waals surface area contributed by atoms with Gasteiger partial charge < -0.3 is 0 Å². The summed E-state index contributed by atoms with van der Waals surface area (Å²) in [6, 6.07) is 8.94. The van der Waals surface area contributed by atoms with Crippen molar-refractivity contribution in [2.24, 2.45) is 0 Å². The molecular formula is C21H22N2S3. The first kappa shape index (κ1) is 17.8. The summed E-state index contributed by atoms with van der Waals surface area (Å²) in [5, 5.41) is 4.37. The highest BCUT2D eigenvalue weighted by atomic mass is 32.1. The molecule has 0 aliphatic carbocycles. The minimum absolute atomic E-state index is 1.04. The van der Waals surface area contributed by atoms with Crippen LogP contribution in [-0.4, -0.2) is 8.75 Å². The first-order chi connectivity index (χ1) is 12.8. The van der Waals surface area contributed by atoms with E-state index in [1.807, 2.05) is 11.3 Å². The number of rotatable bonds is 7. The molecule has 0 bridgehead atoms. The van der Waals surface area contributed by atoms with Crippen molar-refractivity contribution in [1.82, 2.24) is 8.75 Å². The van der Waals surface area contributed by atoms with Gasteiger partial charge in [-0.2, -0.15) is 8.75 Å². The lowest BCUT2D eigenvalue weighted by Gasteiger charge is -2.08. The molecule has 3 aromatic heterocycles. The maximum Gasteiger partial charge on any atom is 0.114 e. The van der Waals surface area contributed by atoms with E-state index in [1.165, 1.54) is 69.4 Å². The van der Waals surface area contributed by atoms with Crippen LogP contribution in [-0.2, 0) is 6.42 Å². The Labute approximate surface area is 166 Å². The number of thiophene rings is 2. The molecule has 2 nitrogen and oxygen atoms in total. The molecule has 0 saturated carbocycles.